The molecule has 1 fully saturated rings. The van der Waals surface area contributed by atoms with Crippen LogP contribution in [-0.4, -0.2) is 58.8 Å². The molecule has 1 amide bonds. The Hall–Kier alpha value is -2.25. The molecular weight excluding hydrogens is 306 g/mol. The van der Waals surface area contributed by atoms with Crippen molar-refractivity contribution in [3.8, 4) is 0 Å². The van der Waals surface area contributed by atoms with Gasteiger partial charge in [0.25, 0.3) is 0 Å². The molecule has 24 heavy (non-hydrogen) atoms. The molecule has 7 nitrogen and oxygen atoms in total. The Kier molecular flexibility index (Phi) is 4.03. The second-order valence-corrected chi connectivity index (χ2v) is 6.30. The number of amides is 1. The highest BCUT2D eigenvalue weighted by Gasteiger charge is 2.29. The molecule has 2 aromatic rings. The normalized spacial score (nSPS) is 21.0. The number of nitrogens with zero attached hydrogens (tertiary/aromatic N) is 4. The van der Waals surface area contributed by atoms with Crippen molar-refractivity contribution in [2.75, 3.05) is 37.7 Å². The first-order valence-electron chi connectivity index (χ1n) is 8.32. The number of carbonyl (C=O) groups excluding carboxylic acids is 1. The van der Waals surface area contributed by atoms with Crippen molar-refractivity contribution in [1.82, 2.24) is 20.1 Å². The molecule has 0 aliphatic carbocycles. The summed E-state index contributed by atoms with van der Waals surface area (Å²) in [6.45, 7) is 5.01. The Bertz CT molecular complexity index is 744. The van der Waals surface area contributed by atoms with Gasteiger partial charge in [0.1, 0.15) is 11.9 Å². The van der Waals surface area contributed by atoms with Gasteiger partial charge in [-0.05, 0) is 25.0 Å². The van der Waals surface area contributed by atoms with Crippen LogP contribution >= 0.6 is 0 Å². The number of aryl methyl sites for hydroxylation is 1. The van der Waals surface area contributed by atoms with Gasteiger partial charge >= 0.3 is 0 Å². The third-order valence-corrected chi connectivity index (χ3v) is 4.60. The highest BCUT2D eigenvalue weighted by Crippen LogP contribution is 2.28. The van der Waals surface area contributed by atoms with Gasteiger partial charge in [-0.25, -0.2) is 4.98 Å². The van der Waals surface area contributed by atoms with Crippen LogP contribution in [0.1, 0.15) is 23.3 Å². The number of anilines is 1. The fourth-order valence-electron chi connectivity index (χ4n) is 3.38. The zero-order chi connectivity index (χ0) is 16.5. The molecule has 0 spiro atoms. The van der Waals surface area contributed by atoms with Crippen molar-refractivity contribution in [3.63, 3.8) is 0 Å². The van der Waals surface area contributed by atoms with E-state index in [-0.39, 0.29) is 12.0 Å². The van der Waals surface area contributed by atoms with E-state index in [1.807, 2.05) is 30.0 Å². The van der Waals surface area contributed by atoms with Gasteiger partial charge in [-0.15, -0.1) is 0 Å². The number of ether oxygens (including phenoxy) is 1. The monoisotopic (exact) mass is 327 g/mol. The van der Waals surface area contributed by atoms with Crippen molar-refractivity contribution in [2.45, 2.75) is 19.4 Å². The lowest BCUT2D eigenvalue weighted by molar-refractivity contribution is -0.121. The van der Waals surface area contributed by atoms with E-state index in [1.165, 1.54) is 5.56 Å². The predicted octanol–water partition coefficient (Wildman–Crippen LogP) is 1.08. The van der Waals surface area contributed by atoms with E-state index in [4.69, 9.17) is 4.74 Å². The highest BCUT2D eigenvalue weighted by atomic mass is 16.5. The van der Waals surface area contributed by atoms with Gasteiger partial charge < -0.3 is 9.64 Å². The molecule has 0 saturated carbocycles. The van der Waals surface area contributed by atoms with Crippen LogP contribution in [0.5, 0.6) is 0 Å². The van der Waals surface area contributed by atoms with Gasteiger partial charge in [-0.2, -0.15) is 5.10 Å². The summed E-state index contributed by atoms with van der Waals surface area (Å²) in [6, 6.07) is 8.14. The van der Waals surface area contributed by atoms with Crippen LogP contribution in [0.25, 0.3) is 0 Å². The number of morpholine rings is 1. The summed E-state index contributed by atoms with van der Waals surface area (Å²) >= 11 is 0. The summed E-state index contributed by atoms with van der Waals surface area (Å²) in [7, 11) is 0. The molecule has 2 aliphatic heterocycles. The number of hydrogen-bond donors (Lipinski definition) is 1. The third-order valence-electron chi connectivity index (χ3n) is 4.60. The maximum atomic E-state index is 12.7. The fourth-order valence-corrected chi connectivity index (χ4v) is 3.38. The lowest BCUT2D eigenvalue weighted by Crippen LogP contribution is -2.45. The van der Waals surface area contributed by atoms with Gasteiger partial charge in [0.2, 0.25) is 5.91 Å². The van der Waals surface area contributed by atoms with Crippen LogP contribution < -0.4 is 4.90 Å². The van der Waals surface area contributed by atoms with Crippen LogP contribution in [0, 0.1) is 6.92 Å². The first-order chi connectivity index (χ1) is 11.7. The van der Waals surface area contributed by atoms with Gasteiger partial charge in [-0.1, -0.05) is 18.2 Å². The van der Waals surface area contributed by atoms with Crippen LogP contribution in [0.4, 0.5) is 5.69 Å². The van der Waals surface area contributed by atoms with Crippen molar-refractivity contribution < 1.29 is 9.53 Å². The third kappa shape index (κ3) is 2.92. The number of hydrogen-bond acceptors (Lipinski definition) is 5. The number of aromatic nitrogens is 3. The first-order valence-corrected chi connectivity index (χ1v) is 8.32. The van der Waals surface area contributed by atoms with E-state index in [2.05, 4.69) is 26.1 Å². The largest absolute Gasteiger partial charge is 0.367 e. The van der Waals surface area contributed by atoms with Crippen LogP contribution in [0.15, 0.2) is 24.3 Å². The number of fused-ring (bicyclic) bond motifs is 1. The number of nitrogens with one attached hydrogen (secondary N) is 1. The summed E-state index contributed by atoms with van der Waals surface area (Å²) in [6.07, 6.45) is 0.756. The number of rotatable bonds is 3. The Morgan fingerprint density at radius 2 is 2.25 bits per heavy atom. The Labute approximate surface area is 140 Å². The molecule has 1 saturated heterocycles. The molecule has 126 valence electrons. The second kappa shape index (κ2) is 6.33. The number of carbonyl (C=O) groups is 1. The molecule has 1 unspecified atom stereocenters. The Balaban J connectivity index is 1.41. The molecular formula is C17H21N5O2. The molecule has 0 bridgehead atoms. The molecule has 1 N–H and O–H groups in total. The minimum atomic E-state index is -0.178. The van der Waals surface area contributed by atoms with E-state index in [9.17, 15) is 4.79 Å². The maximum Gasteiger partial charge on any atom is 0.241 e. The molecule has 3 heterocycles. The zero-order valence-corrected chi connectivity index (χ0v) is 13.7. The number of para-hydroxylation sites is 1. The van der Waals surface area contributed by atoms with E-state index < -0.39 is 0 Å². The molecule has 7 heteroatoms. The van der Waals surface area contributed by atoms with Crippen LogP contribution in [0.2, 0.25) is 0 Å². The SMILES string of the molecule is Cc1nc(C2CN(CC(=O)N3CCc4ccccc43)CCO2)n[nH]1. The molecule has 4 rings (SSSR count). The average Bonchev–Trinajstić information content (AvgIpc) is 3.21. The minimum Gasteiger partial charge on any atom is -0.367 e. The average molecular weight is 327 g/mol. The van der Waals surface area contributed by atoms with Crippen molar-refractivity contribution in [3.05, 3.63) is 41.5 Å². The van der Waals surface area contributed by atoms with Crippen LogP contribution in [0.3, 0.4) is 0 Å². The van der Waals surface area contributed by atoms with E-state index in [0.29, 0.717) is 25.5 Å². The van der Waals surface area contributed by atoms with E-state index in [0.717, 1.165) is 31.0 Å². The fraction of sp³-hybridized carbons (Fsp3) is 0.471. The lowest BCUT2D eigenvalue weighted by atomic mass is 10.2. The molecule has 2 aliphatic rings. The number of H-pyrrole nitrogens is 1. The standard InChI is InChI=1S/C17H21N5O2/c1-12-18-17(20-19-12)15-10-21(8-9-24-15)11-16(23)22-7-6-13-4-2-3-5-14(13)22/h2-5,15H,6-11H2,1H3,(H,18,19,20). The zero-order valence-electron chi connectivity index (χ0n) is 13.7. The van der Waals surface area contributed by atoms with Gasteiger partial charge in [-0.3, -0.25) is 14.8 Å². The summed E-state index contributed by atoms with van der Waals surface area (Å²) in [4.78, 5) is 21.1. The Morgan fingerprint density at radius 3 is 3.08 bits per heavy atom. The maximum absolute atomic E-state index is 12.7. The van der Waals surface area contributed by atoms with Crippen molar-refractivity contribution in [2.24, 2.45) is 0 Å². The summed E-state index contributed by atoms with van der Waals surface area (Å²) in [5.41, 5.74) is 2.30. The van der Waals surface area contributed by atoms with Gasteiger partial charge in [0, 0.05) is 25.3 Å². The van der Waals surface area contributed by atoms with Gasteiger partial charge in [0.05, 0.1) is 13.2 Å². The highest BCUT2D eigenvalue weighted by molar-refractivity contribution is 5.96. The van der Waals surface area contributed by atoms with E-state index >= 15 is 0 Å². The number of aromatic amines is 1. The van der Waals surface area contributed by atoms with Gasteiger partial charge in [0.15, 0.2) is 5.82 Å². The molecule has 1 atom stereocenters. The lowest BCUT2D eigenvalue weighted by Gasteiger charge is -2.32. The summed E-state index contributed by atoms with van der Waals surface area (Å²) in [5, 5.41) is 7.02. The molecule has 1 aromatic carbocycles. The smallest absolute Gasteiger partial charge is 0.241 e. The second-order valence-electron chi connectivity index (χ2n) is 6.30. The summed E-state index contributed by atoms with van der Waals surface area (Å²) < 4.78 is 5.76. The van der Waals surface area contributed by atoms with Crippen molar-refractivity contribution >= 4 is 11.6 Å². The topological polar surface area (TPSA) is 74.3 Å². The van der Waals surface area contributed by atoms with Crippen molar-refractivity contribution in [1.29, 1.82) is 0 Å². The predicted molar refractivity (Wildman–Crippen MR) is 88.8 cm³/mol. The first kappa shape index (κ1) is 15.3. The van der Waals surface area contributed by atoms with Crippen LogP contribution in [-0.2, 0) is 16.0 Å². The molecule has 1 aromatic heterocycles. The molecule has 0 radical (unpaired) electrons. The number of benzene rings is 1. The quantitative estimate of drug-likeness (QED) is 0.913. The summed E-state index contributed by atoms with van der Waals surface area (Å²) in [5.74, 6) is 1.58. The van der Waals surface area contributed by atoms with E-state index in [1.54, 1.807) is 0 Å². The minimum absolute atomic E-state index is 0.145. The Morgan fingerprint density at radius 1 is 1.38 bits per heavy atom.